The number of carbonyl (C=O) groups excluding carboxylic acids is 1. The fourth-order valence-corrected chi connectivity index (χ4v) is 4.70. The van der Waals surface area contributed by atoms with Gasteiger partial charge in [-0.05, 0) is 68.1 Å². The van der Waals surface area contributed by atoms with Crippen LogP contribution >= 0.6 is 0 Å². The third kappa shape index (κ3) is 5.46. The molecule has 0 unspecified atom stereocenters. The summed E-state index contributed by atoms with van der Waals surface area (Å²) in [7, 11) is 0. The maximum absolute atomic E-state index is 13.9. The molecule has 5 heteroatoms. The standard InChI is InChI=1S/C30H36N4O/c1-21(2)28(33(18-8-17-31)30(35)25-14-11-22(3)12-15-25)29-32-26-16-13-23(4)19-27(26)34(29)20-24-9-6-5-7-10-24/h5-7,9-16,19,21,28H,8,17-18,20,31H2,1-4H3/t28-/m1/s1. The molecule has 0 radical (unpaired) electrons. The lowest BCUT2D eigenvalue weighted by Crippen LogP contribution is -2.40. The summed E-state index contributed by atoms with van der Waals surface area (Å²) in [5.41, 5.74) is 12.2. The second-order valence-corrected chi connectivity index (χ2v) is 9.73. The summed E-state index contributed by atoms with van der Waals surface area (Å²) in [5.74, 6) is 1.10. The second kappa shape index (κ2) is 10.9. The molecule has 4 rings (SSSR count). The van der Waals surface area contributed by atoms with Crippen molar-refractivity contribution in [3.05, 3.63) is 101 Å². The van der Waals surface area contributed by atoms with Crippen molar-refractivity contribution in [2.75, 3.05) is 13.1 Å². The van der Waals surface area contributed by atoms with Crippen molar-refractivity contribution in [1.29, 1.82) is 0 Å². The fourth-order valence-electron chi connectivity index (χ4n) is 4.70. The first-order valence-corrected chi connectivity index (χ1v) is 12.5. The maximum atomic E-state index is 13.9. The molecular formula is C30H36N4O. The molecule has 0 aliphatic rings. The van der Waals surface area contributed by atoms with E-state index in [4.69, 9.17) is 10.7 Å². The number of rotatable bonds is 9. The Hall–Kier alpha value is -3.44. The summed E-state index contributed by atoms with van der Waals surface area (Å²) < 4.78 is 2.29. The van der Waals surface area contributed by atoms with Crippen molar-refractivity contribution in [3.8, 4) is 0 Å². The first-order valence-electron chi connectivity index (χ1n) is 12.5. The van der Waals surface area contributed by atoms with Crippen LogP contribution in [0.4, 0.5) is 0 Å². The number of imidazole rings is 1. The van der Waals surface area contributed by atoms with Gasteiger partial charge in [-0.15, -0.1) is 0 Å². The third-order valence-electron chi connectivity index (χ3n) is 6.51. The molecule has 182 valence electrons. The molecule has 0 saturated carbocycles. The molecule has 0 bridgehead atoms. The molecule has 0 aliphatic carbocycles. The summed E-state index contributed by atoms with van der Waals surface area (Å²) in [5, 5.41) is 0. The minimum absolute atomic E-state index is 0.0200. The highest BCUT2D eigenvalue weighted by molar-refractivity contribution is 5.94. The summed E-state index contributed by atoms with van der Waals surface area (Å²) in [4.78, 5) is 21.0. The lowest BCUT2D eigenvalue weighted by Gasteiger charge is -2.34. The Labute approximate surface area is 208 Å². The van der Waals surface area contributed by atoms with Gasteiger partial charge in [-0.25, -0.2) is 4.98 Å². The van der Waals surface area contributed by atoms with Gasteiger partial charge >= 0.3 is 0 Å². The molecule has 4 aromatic rings. The molecule has 2 N–H and O–H groups in total. The number of aromatic nitrogens is 2. The average molecular weight is 469 g/mol. The van der Waals surface area contributed by atoms with Crippen LogP contribution in [0.3, 0.4) is 0 Å². The Morgan fingerprint density at radius 1 is 0.971 bits per heavy atom. The summed E-state index contributed by atoms with van der Waals surface area (Å²) in [6.07, 6.45) is 0.735. The van der Waals surface area contributed by atoms with Gasteiger partial charge in [-0.3, -0.25) is 4.79 Å². The first kappa shape index (κ1) is 24.7. The molecule has 0 aliphatic heterocycles. The Morgan fingerprint density at radius 3 is 2.31 bits per heavy atom. The van der Waals surface area contributed by atoms with Crippen LogP contribution in [0.15, 0.2) is 72.8 Å². The zero-order chi connectivity index (χ0) is 24.9. The number of hydrogen-bond acceptors (Lipinski definition) is 3. The molecule has 1 atom stereocenters. The summed E-state index contributed by atoms with van der Waals surface area (Å²) >= 11 is 0. The van der Waals surface area contributed by atoms with Crippen LogP contribution in [0.2, 0.25) is 0 Å². The Bertz CT molecular complexity index is 1280. The van der Waals surface area contributed by atoms with Gasteiger partial charge in [0.25, 0.3) is 5.91 Å². The summed E-state index contributed by atoms with van der Waals surface area (Å²) in [6, 6.07) is 24.4. The van der Waals surface area contributed by atoms with E-state index in [-0.39, 0.29) is 17.9 Å². The van der Waals surface area contributed by atoms with E-state index in [9.17, 15) is 4.79 Å². The van der Waals surface area contributed by atoms with Crippen molar-refractivity contribution in [1.82, 2.24) is 14.5 Å². The van der Waals surface area contributed by atoms with Crippen molar-refractivity contribution in [2.24, 2.45) is 11.7 Å². The van der Waals surface area contributed by atoms with Crippen LogP contribution in [0, 0.1) is 19.8 Å². The highest BCUT2D eigenvalue weighted by Crippen LogP contribution is 2.33. The largest absolute Gasteiger partial charge is 0.330 e. The van der Waals surface area contributed by atoms with Crippen LogP contribution in [0.25, 0.3) is 11.0 Å². The van der Waals surface area contributed by atoms with Gasteiger partial charge in [-0.1, -0.05) is 67.9 Å². The fraction of sp³-hybridized carbons (Fsp3) is 0.333. The zero-order valence-electron chi connectivity index (χ0n) is 21.2. The number of aryl methyl sites for hydroxylation is 2. The molecule has 1 amide bonds. The van der Waals surface area contributed by atoms with E-state index >= 15 is 0 Å². The van der Waals surface area contributed by atoms with Gasteiger partial charge in [0.1, 0.15) is 5.82 Å². The predicted molar refractivity (Wildman–Crippen MR) is 143 cm³/mol. The van der Waals surface area contributed by atoms with E-state index in [1.165, 1.54) is 11.1 Å². The van der Waals surface area contributed by atoms with Crippen molar-refractivity contribution in [3.63, 3.8) is 0 Å². The molecular weight excluding hydrogens is 432 g/mol. The van der Waals surface area contributed by atoms with Gasteiger partial charge in [0.05, 0.1) is 17.1 Å². The number of nitrogens with zero attached hydrogens (tertiary/aromatic N) is 3. The van der Waals surface area contributed by atoms with Gasteiger partial charge in [0.2, 0.25) is 0 Å². The zero-order valence-corrected chi connectivity index (χ0v) is 21.2. The number of benzene rings is 3. The highest BCUT2D eigenvalue weighted by atomic mass is 16.2. The maximum Gasteiger partial charge on any atom is 0.254 e. The number of fused-ring (bicyclic) bond motifs is 1. The van der Waals surface area contributed by atoms with Crippen molar-refractivity contribution < 1.29 is 4.79 Å². The second-order valence-electron chi connectivity index (χ2n) is 9.73. The van der Waals surface area contributed by atoms with Gasteiger partial charge in [-0.2, -0.15) is 0 Å². The highest BCUT2D eigenvalue weighted by Gasteiger charge is 2.32. The predicted octanol–water partition coefficient (Wildman–Crippen LogP) is 5.89. The van der Waals surface area contributed by atoms with E-state index < -0.39 is 0 Å². The minimum Gasteiger partial charge on any atom is -0.330 e. The van der Waals surface area contributed by atoms with Crippen LogP contribution in [-0.2, 0) is 6.54 Å². The molecule has 1 aromatic heterocycles. The van der Waals surface area contributed by atoms with E-state index in [0.29, 0.717) is 25.2 Å². The van der Waals surface area contributed by atoms with Crippen LogP contribution < -0.4 is 5.73 Å². The smallest absolute Gasteiger partial charge is 0.254 e. The molecule has 3 aromatic carbocycles. The number of hydrogen-bond donors (Lipinski definition) is 1. The first-order chi connectivity index (χ1) is 16.9. The van der Waals surface area contributed by atoms with E-state index in [2.05, 4.69) is 67.8 Å². The lowest BCUT2D eigenvalue weighted by molar-refractivity contribution is 0.0605. The SMILES string of the molecule is Cc1ccc(C(=O)N(CCCN)[C@@H](c2nc3ccc(C)cc3n2Cc2ccccc2)C(C)C)cc1. The van der Waals surface area contributed by atoms with Crippen LogP contribution in [0.5, 0.6) is 0 Å². The molecule has 0 fully saturated rings. The van der Waals surface area contributed by atoms with E-state index in [1.54, 1.807) is 0 Å². The number of amides is 1. The molecule has 35 heavy (non-hydrogen) atoms. The van der Waals surface area contributed by atoms with Gasteiger partial charge < -0.3 is 15.2 Å². The number of nitrogens with two attached hydrogens (primary N) is 1. The molecule has 1 heterocycles. The normalized spacial score (nSPS) is 12.3. The monoisotopic (exact) mass is 468 g/mol. The van der Waals surface area contributed by atoms with Crippen molar-refractivity contribution in [2.45, 2.75) is 46.7 Å². The van der Waals surface area contributed by atoms with Gasteiger partial charge in [0.15, 0.2) is 0 Å². The van der Waals surface area contributed by atoms with Crippen LogP contribution in [-0.4, -0.2) is 33.4 Å². The average Bonchev–Trinajstić information content (AvgIpc) is 3.18. The molecule has 0 saturated heterocycles. The number of carbonyl (C=O) groups is 1. The minimum atomic E-state index is -0.188. The Balaban J connectivity index is 1.86. The molecule has 0 spiro atoms. The molecule has 5 nitrogen and oxygen atoms in total. The van der Waals surface area contributed by atoms with Crippen LogP contribution in [0.1, 0.15) is 59.2 Å². The quantitative estimate of drug-likeness (QED) is 0.333. The third-order valence-corrected chi connectivity index (χ3v) is 6.51. The van der Waals surface area contributed by atoms with Gasteiger partial charge in [0, 0.05) is 18.7 Å². The van der Waals surface area contributed by atoms with Crippen molar-refractivity contribution >= 4 is 16.9 Å². The lowest BCUT2D eigenvalue weighted by atomic mass is 9.99. The van der Waals surface area contributed by atoms with E-state index in [1.807, 2.05) is 42.2 Å². The summed E-state index contributed by atoms with van der Waals surface area (Å²) in [6.45, 7) is 10.3. The Kier molecular flexibility index (Phi) is 7.67. The van der Waals surface area contributed by atoms with E-state index in [0.717, 1.165) is 28.8 Å². The topological polar surface area (TPSA) is 64.2 Å². The Morgan fingerprint density at radius 2 is 1.66 bits per heavy atom.